The Kier molecular flexibility index (Phi) is 5.23. The lowest BCUT2D eigenvalue weighted by atomic mass is 9.64. The first-order valence-corrected chi connectivity index (χ1v) is 8.53. The third-order valence-corrected chi connectivity index (χ3v) is 5.26. The molecule has 0 spiro atoms. The van der Waals surface area contributed by atoms with Crippen molar-refractivity contribution in [2.75, 3.05) is 0 Å². The first-order chi connectivity index (χ1) is 10.6. The fraction of sp³-hybridized carbons (Fsp3) is 0.550. The molecule has 0 aromatic heterocycles. The number of carbonyl (C=O) groups is 1. The summed E-state index contributed by atoms with van der Waals surface area (Å²) in [6.07, 6.45) is 8.07. The Morgan fingerprint density at radius 3 is 2.36 bits per heavy atom. The maximum absolute atomic E-state index is 12.7. The number of hydrogen-bond acceptors (Lipinski definition) is 2. The lowest BCUT2D eigenvalue weighted by molar-refractivity contribution is -0.151. The molecule has 0 amide bonds. The Bertz CT molecular complexity index is 538. The van der Waals surface area contributed by atoms with E-state index in [1.54, 1.807) is 0 Å². The summed E-state index contributed by atoms with van der Waals surface area (Å²) < 4.78 is 0. The molecule has 1 aliphatic rings. The third-order valence-electron chi connectivity index (χ3n) is 5.26. The third kappa shape index (κ3) is 2.54. The molecule has 0 aliphatic heterocycles. The molecule has 1 N–H and O–H groups in total. The van der Waals surface area contributed by atoms with E-state index in [1.165, 1.54) is 6.08 Å². The molecule has 2 nitrogen and oxygen atoms in total. The van der Waals surface area contributed by atoms with Gasteiger partial charge in [0.25, 0.3) is 0 Å². The first-order valence-electron chi connectivity index (χ1n) is 8.53. The molecule has 0 saturated carbocycles. The molecule has 1 unspecified atom stereocenters. The molecule has 2 heteroatoms. The zero-order valence-electron chi connectivity index (χ0n) is 13.9. The summed E-state index contributed by atoms with van der Waals surface area (Å²) >= 11 is 0. The number of benzene rings is 1. The molecule has 1 aromatic carbocycles. The summed E-state index contributed by atoms with van der Waals surface area (Å²) in [6, 6.07) is 7.87. The summed E-state index contributed by atoms with van der Waals surface area (Å²) in [5, 5.41) is 11.6. The molecule has 1 atom stereocenters. The Morgan fingerprint density at radius 2 is 1.82 bits per heavy atom. The highest BCUT2D eigenvalue weighted by atomic mass is 16.3. The average molecular weight is 300 g/mol. The molecule has 0 heterocycles. The van der Waals surface area contributed by atoms with Crippen molar-refractivity contribution in [3.05, 3.63) is 48.0 Å². The van der Waals surface area contributed by atoms with E-state index in [9.17, 15) is 9.90 Å². The maximum Gasteiger partial charge on any atom is 0.191 e. The molecular weight excluding hydrogens is 272 g/mol. The van der Waals surface area contributed by atoms with Crippen molar-refractivity contribution in [2.24, 2.45) is 5.41 Å². The van der Waals surface area contributed by atoms with Gasteiger partial charge in [-0.3, -0.25) is 4.79 Å². The number of carbonyl (C=O) groups excluding carboxylic acids is 1. The van der Waals surface area contributed by atoms with Crippen LogP contribution < -0.4 is 0 Å². The maximum atomic E-state index is 12.7. The van der Waals surface area contributed by atoms with E-state index in [4.69, 9.17) is 0 Å². The van der Waals surface area contributed by atoms with Crippen LogP contribution in [0.25, 0.3) is 0 Å². The molecule has 120 valence electrons. The average Bonchev–Trinajstić information content (AvgIpc) is 2.81. The van der Waals surface area contributed by atoms with Gasteiger partial charge in [0, 0.05) is 5.41 Å². The molecule has 1 aliphatic carbocycles. The van der Waals surface area contributed by atoms with Crippen molar-refractivity contribution in [3.63, 3.8) is 0 Å². The van der Waals surface area contributed by atoms with Crippen LogP contribution in [0.4, 0.5) is 0 Å². The monoisotopic (exact) mass is 300 g/mol. The predicted molar refractivity (Wildman–Crippen MR) is 90.7 cm³/mol. The van der Waals surface area contributed by atoms with Crippen LogP contribution in [0.5, 0.6) is 0 Å². The second kappa shape index (κ2) is 6.78. The summed E-state index contributed by atoms with van der Waals surface area (Å²) in [5.74, 6) is -0.246. The van der Waals surface area contributed by atoms with E-state index in [-0.39, 0.29) is 11.2 Å². The summed E-state index contributed by atoms with van der Waals surface area (Å²) in [6.45, 7) is 7.95. The van der Waals surface area contributed by atoms with E-state index in [2.05, 4.69) is 26.5 Å². The van der Waals surface area contributed by atoms with E-state index >= 15 is 0 Å². The minimum atomic E-state index is -1.41. The van der Waals surface area contributed by atoms with Gasteiger partial charge in [-0.05, 0) is 36.5 Å². The van der Waals surface area contributed by atoms with Gasteiger partial charge in [-0.15, -0.1) is 0 Å². The van der Waals surface area contributed by atoms with Gasteiger partial charge in [0.05, 0.1) is 0 Å². The topological polar surface area (TPSA) is 37.3 Å². The highest BCUT2D eigenvalue weighted by Crippen LogP contribution is 2.56. The van der Waals surface area contributed by atoms with Gasteiger partial charge in [-0.25, -0.2) is 0 Å². The van der Waals surface area contributed by atoms with Crippen molar-refractivity contribution in [1.82, 2.24) is 0 Å². The Balaban J connectivity index is 2.55. The van der Waals surface area contributed by atoms with Crippen LogP contribution >= 0.6 is 0 Å². The lowest BCUT2D eigenvalue weighted by Crippen LogP contribution is -2.48. The fourth-order valence-electron chi connectivity index (χ4n) is 4.04. The molecule has 0 saturated heterocycles. The van der Waals surface area contributed by atoms with Crippen molar-refractivity contribution in [2.45, 2.75) is 64.4 Å². The van der Waals surface area contributed by atoms with Crippen LogP contribution in [-0.4, -0.2) is 10.9 Å². The summed E-state index contributed by atoms with van der Waals surface area (Å²) in [7, 11) is 0. The number of rotatable bonds is 8. The largest absolute Gasteiger partial charge is 0.376 e. The standard InChI is InChI=1S/C20H28O2/c1-4-7-13-19(14-8-5-2)15-16-11-9-10-12-17(16)20(19,22)18(21)6-3/h6,9-12,22H,3-5,7-8,13-15H2,1-2H3. The van der Waals surface area contributed by atoms with Crippen LogP contribution in [-0.2, 0) is 16.8 Å². The highest BCUT2D eigenvalue weighted by Gasteiger charge is 2.59. The normalized spacial score (nSPS) is 22.3. The summed E-state index contributed by atoms with van der Waals surface area (Å²) in [4.78, 5) is 12.7. The molecule has 0 bridgehead atoms. The van der Waals surface area contributed by atoms with Crippen molar-refractivity contribution >= 4 is 5.78 Å². The molecule has 2 rings (SSSR count). The SMILES string of the molecule is C=CC(=O)C1(O)c2ccccc2CC1(CCCC)CCCC. The zero-order chi connectivity index (χ0) is 16.2. The van der Waals surface area contributed by atoms with Gasteiger partial charge in [-0.1, -0.05) is 70.4 Å². The minimum Gasteiger partial charge on any atom is -0.376 e. The van der Waals surface area contributed by atoms with Crippen molar-refractivity contribution in [1.29, 1.82) is 0 Å². The second-order valence-corrected chi connectivity index (χ2v) is 6.60. The molecule has 1 aromatic rings. The van der Waals surface area contributed by atoms with Crippen LogP contribution in [0.15, 0.2) is 36.9 Å². The number of fused-ring (bicyclic) bond motifs is 1. The van der Waals surface area contributed by atoms with E-state index in [1.807, 2.05) is 18.2 Å². The van der Waals surface area contributed by atoms with Gasteiger partial charge in [0.15, 0.2) is 11.4 Å². The lowest BCUT2D eigenvalue weighted by Gasteiger charge is -2.42. The van der Waals surface area contributed by atoms with E-state index in [0.29, 0.717) is 0 Å². The fourth-order valence-corrected chi connectivity index (χ4v) is 4.04. The first kappa shape index (κ1) is 17.0. The highest BCUT2D eigenvalue weighted by molar-refractivity contribution is 5.99. The minimum absolute atomic E-state index is 0.246. The smallest absolute Gasteiger partial charge is 0.191 e. The number of unbranched alkanes of at least 4 members (excludes halogenated alkanes) is 2. The van der Waals surface area contributed by atoms with Crippen LogP contribution in [0.1, 0.15) is 63.5 Å². The Hall–Kier alpha value is -1.41. The number of aliphatic hydroxyl groups is 1. The number of hydrogen-bond donors (Lipinski definition) is 1. The zero-order valence-corrected chi connectivity index (χ0v) is 13.9. The molecular formula is C20H28O2. The second-order valence-electron chi connectivity index (χ2n) is 6.60. The summed E-state index contributed by atoms with van der Waals surface area (Å²) in [5.41, 5.74) is 0.128. The van der Waals surface area contributed by atoms with Gasteiger partial charge >= 0.3 is 0 Å². The predicted octanol–water partition coefficient (Wildman–Crippen LogP) is 4.55. The van der Waals surface area contributed by atoms with Crippen LogP contribution in [0, 0.1) is 5.41 Å². The Labute approximate surface area is 134 Å². The van der Waals surface area contributed by atoms with Crippen molar-refractivity contribution in [3.8, 4) is 0 Å². The van der Waals surface area contributed by atoms with Gasteiger partial charge in [-0.2, -0.15) is 0 Å². The van der Waals surface area contributed by atoms with E-state index in [0.717, 1.165) is 56.1 Å². The number of ketones is 1. The van der Waals surface area contributed by atoms with E-state index < -0.39 is 5.60 Å². The molecule has 22 heavy (non-hydrogen) atoms. The van der Waals surface area contributed by atoms with Crippen LogP contribution in [0.2, 0.25) is 0 Å². The van der Waals surface area contributed by atoms with Gasteiger partial charge < -0.3 is 5.11 Å². The van der Waals surface area contributed by atoms with Gasteiger partial charge in [0.1, 0.15) is 0 Å². The quantitative estimate of drug-likeness (QED) is 0.715. The Morgan fingerprint density at radius 1 is 1.23 bits per heavy atom. The van der Waals surface area contributed by atoms with Crippen molar-refractivity contribution < 1.29 is 9.90 Å². The molecule has 0 radical (unpaired) electrons. The molecule has 0 fully saturated rings. The van der Waals surface area contributed by atoms with Crippen LogP contribution in [0.3, 0.4) is 0 Å². The van der Waals surface area contributed by atoms with Gasteiger partial charge in [0.2, 0.25) is 0 Å².